The van der Waals surface area contributed by atoms with Gasteiger partial charge < -0.3 is 10.1 Å². The Morgan fingerprint density at radius 3 is 2.23 bits per heavy atom. The van der Waals surface area contributed by atoms with Gasteiger partial charge in [0, 0.05) is 17.3 Å². The summed E-state index contributed by atoms with van der Waals surface area (Å²) in [6, 6.07) is 20.9. The Morgan fingerprint density at radius 1 is 0.933 bits per heavy atom. The molecule has 0 aliphatic carbocycles. The number of anilines is 2. The molecule has 30 heavy (non-hydrogen) atoms. The average Bonchev–Trinajstić information content (AvgIpc) is 2.75. The summed E-state index contributed by atoms with van der Waals surface area (Å²) in [5.41, 5.74) is 1.96. The van der Waals surface area contributed by atoms with E-state index in [1.54, 1.807) is 48.5 Å². The standard InChI is InChI=1S/C22H16N4O3S/c1-30(27,28)19-10-11-21-20(12-19)22(25-14-24-21)26-16-4-8-18(9-5-16)29-17-6-2-15(13-23)3-7-17/h2-12,14H,1H3,(H,24,25,26). The Balaban J connectivity index is 1.57. The van der Waals surface area contributed by atoms with E-state index in [9.17, 15) is 8.42 Å². The fraction of sp³-hybridized carbons (Fsp3) is 0.0455. The van der Waals surface area contributed by atoms with Crippen molar-refractivity contribution in [2.75, 3.05) is 11.6 Å². The van der Waals surface area contributed by atoms with Crippen molar-refractivity contribution in [2.45, 2.75) is 4.90 Å². The lowest BCUT2D eigenvalue weighted by Crippen LogP contribution is -2.00. The number of hydrogen-bond donors (Lipinski definition) is 1. The van der Waals surface area contributed by atoms with Crippen molar-refractivity contribution in [3.63, 3.8) is 0 Å². The van der Waals surface area contributed by atoms with Crippen molar-refractivity contribution >= 4 is 32.2 Å². The first-order valence-corrected chi connectivity index (χ1v) is 10.8. The quantitative estimate of drug-likeness (QED) is 0.513. The highest BCUT2D eigenvalue weighted by Gasteiger charge is 2.11. The molecule has 1 heterocycles. The predicted molar refractivity (Wildman–Crippen MR) is 114 cm³/mol. The molecule has 3 aromatic carbocycles. The van der Waals surface area contributed by atoms with Gasteiger partial charge in [-0.1, -0.05) is 0 Å². The van der Waals surface area contributed by atoms with Crippen LogP contribution < -0.4 is 10.1 Å². The van der Waals surface area contributed by atoms with Crippen LogP contribution >= 0.6 is 0 Å². The first-order chi connectivity index (χ1) is 14.4. The molecule has 0 radical (unpaired) electrons. The Bertz CT molecular complexity index is 1360. The van der Waals surface area contributed by atoms with Gasteiger partial charge in [-0.3, -0.25) is 0 Å². The third-order valence-electron chi connectivity index (χ3n) is 4.37. The molecule has 0 atom stereocenters. The van der Waals surface area contributed by atoms with Crippen LogP contribution in [0.1, 0.15) is 5.56 Å². The number of sulfone groups is 1. The second-order valence-corrected chi connectivity index (χ2v) is 8.58. The molecule has 7 nitrogen and oxygen atoms in total. The van der Waals surface area contributed by atoms with Crippen molar-refractivity contribution in [1.82, 2.24) is 9.97 Å². The molecule has 0 saturated heterocycles. The monoisotopic (exact) mass is 416 g/mol. The van der Waals surface area contributed by atoms with Crippen LogP contribution in [0.15, 0.2) is 78.0 Å². The number of fused-ring (bicyclic) bond motifs is 1. The smallest absolute Gasteiger partial charge is 0.175 e. The highest BCUT2D eigenvalue weighted by Crippen LogP contribution is 2.28. The number of nitriles is 1. The lowest BCUT2D eigenvalue weighted by molar-refractivity contribution is 0.483. The van der Waals surface area contributed by atoms with Gasteiger partial charge in [0.15, 0.2) is 9.84 Å². The second kappa shape index (κ2) is 7.81. The zero-order valence-corrected chi connectivity index (χ0v) is 16.7. The highest BCUT2D eigenvalue weighted by atomic mass is 32.2. The topological polar surface area (TPSA) is 105 Å². The Morgan fingerprint density at radius 2 is 1.60 bits per heavy atom. The molecular weight excluding hydrogens is 400 g/mol. The van der Waals surface area contributed by atoms with Crippen LogP contribution in [0.25, 0.3) is 10.9 Å². The van der Waals surface area contributed by atoms with Gasteiger partial charge in [-0.25, -0.2) is 18.4 Å². The van der Waals surface area contributed by atoms with Crippen molar-refractivity contribution in [2.24, 2.45) is 0 Å². The fourth-order valence-electron chi connectivity index (χ4n) is 2.84. The van der Waals surface area contributed by atoms with Crippen LogP contribution in [0.5, 0.6) is 11.5 Å². The fourth-order valence-corrected chi connectivity index (χ4v) is 3.49. The first kappa shape index (κ1) is 19.4. The molecule has 4 aromatic rings. The summed E-state index contributed by atoms with van der Waals surface area (Å²) >= 11 is 0. The zero-order valence-electron chi connectivity index (χ0n) is 15.9. The Labute approximate surface area is 173 Å². The summed E-state index contributed by atoms with van der Waals surface area (Å²) in [5.74, 6) is 1.77. The van der Waals surface area contributed by atoms with Gasteiger partial charge in [0.2, 0.25) is 0 Å². The van der Waals surface area contributed by atoms with Crippen molar-refractivity contribution < 1.29 is 13.2 Å². The number of aromatic nitrogens is 2. The van der Waals surface area contributed by atoms with Crippen molar-refractivity contribution in [3.05, 3.63) is 78.6 Å². The van der Waals surface area contributed by atoms with Crippen LogP contribution in [-0.4, -0.2) is 24.6 Å². The average molecular weight is 416 g/mol. The molecular formula is C22H16N4O3S. The van der Waals surface area contributed by atoms with Crippen LogP contribution in [-0.2, 0) is 9.84 Å². The third-order valence-corrected chi connectivity index (χ3v) is 5.48. The minimum Gasteiger partial charge on any atom is -0.457 e. The first-order valence-electron chi connectivity index (χ1n) is 8.92. The minimum absolute atomic E-state index is 0.207. The summed E-state index contributed by atoms with van der Waals surface area (Å²) in [4.78, 5) is 8.66. The third kappa shape index (κ3) is 4.21. The molecule has 0 aliphatic rings. The number of rotatable bonds is 5. The predicted octanol–water partition coefficient (Wildman–Crippen LogP) is 4.44. The Hall–Kier alpha value is -3.96. The van der Waals surface area contributed by atoms with Gasteiger partial charge in [0.05, 0.1) is 22.0 Å². The number of hydrogen-bond acceptors (Lipinski definition) is 7. The summed E-state index contributed by atoms with van der Waals surface area (Å²) in [6.45, 7) is 0. The lowest BCUT2D eigenvalue weighted by Gasteiger charge is -2.10. The molecule has 0 fully saturated rings. The van der Waals surface area contributed by atoms with Gasteiger partial charge in [0.25, 0.3) is 0 Å². The zero-order chi connectivity index (χ0) is 21.1. The highest BCUT2D eigenvalue weighted by molar-refractivity contribution is 7.90. The maximum absolute atomic E-state index is 11.9. The normalized spacial score (nSPS) is 11.1. The molecule has 1 N–H and O–H groups in total. The van der Waals surface area contributed by atoms with Crippen molar-refractivity contribution in [1.29, 1.82) is 5.26 Å². The maximum atomic E-state index is 11.9. The number of benzene rings is 3. The van der Waals surface area contributed by atoms with Gasteiger partial charge >= 0.3 is 0 Å². The SMILES string of the molecule is CS(=O)(=O)c1ccc2ncnc(Nc3ccc(Oc4ccc(C#N)cc4)cc3)c2c1. The molecule has 0 bridgehead atoms. The number of ether oxygens (including phenoxy) is 1. The minimum atomic E-state index is -3.34. The second-order valence-electron chi connectivity index (χ2n) is 6.56. The van der Waals surface area contributed by atoms with Crippen LogP contribution in [0, 0.1) is 11.3 Å². The summed E-state index contributed by atoms with van der Waals surface area (Å²) in [7, 11) is -3.34. The lowest BCUT2D eigenvalue weighted by atomic mass is 10.2. The van der Waals surface area contributed by atoms with E-state index in [-0.39, 0.29) is 4.90 Å². The van der Waals surface area contributed by atoms with E-state index in [1.165, 1.54) is 12.4 Å². The van der Waals surface area contributed by atoms with E-state index >= 15 is 0 Å². The van der Waals surface area contributed by atoms with Gasteiger partial charge in [-0.15, -0.1) is 0 Å². The number of nitrogens with zero attached hydrogens (tertiary/aromatic N) is 3. The molecule has 1 aromatic heterocycles. The largest absolute Gasteiger partial charge is 0.457 e. The van der Waals surface area contributed by atoms with Crippen LogP contribution in [0.2, 0.25) is 0 Å². The summed E-state index contributed by atoms with van der Waals surface area (Å²) in [6.07, 6.45) is 2.59. The van der Waals surface area contributed by atoms with Gasteiger partial charge in [-0.05, 0) is 66.7 Å². The van der Waals surface area contributed by atoms with E-state index < -0.39 is 9.84 Å². The molecule has 0 aliphatic heterocycles. The maximum Gasteiger partial charge on any atom is 0.175 e. The molecule has 0 unspecified atom stereocenters. The molecule has 0 amide bonds. The Kier molecular flexibility index (Phi) is 5.04. The van der Waals surface area contributed by atoms with E-state index in [2.05, 4.69) is 21.4 Å². The van der Waals surface area contributed by atoms with Crippen molar-refractivity contribution in [3.8, 4) is 17.6 Å². The van der Waals surface area contributed by atoms with Crippen LogP contribution in [0.4, 0.5) is 11.5 Å². The molecule has 4 rings (SSSR count). The van der Waals surface area contributed by atoms with E-state index in [0.717, 1.165) is 11.9 Å². The molecule has 0 saturated carbocycles. The summed E-state index contributed by atoms with van der Waals surface area (Å²) < 4.78 is 29.5. The van der Waals surface area contributed by atoms with E-state index in [1.807, 2.05) is 12.1 Å². The molecule has 0 spiro atoms. The number of nitrogens with one attached hydrogen (secondary N) is 1. The van der Waals surface area contributed by atoms with E-state index in [0.29, 0.717) is 33.8 Å². The van der Waals surface area contributed by atoms with E-state index in [4.69, 9.17) is 10.00 Å². The van der Waals surface area contributed by atoms with Crippen LogP contribution in [0.3, 0.4) is 0 Å². The van der Waals surface area contributed by atoms with Gasteiger partial charge in [-0.2, -0.15) is 5.26 Å². The molecule has 8 heteroatoms. The molecule has 148 valence electrons. The van der Waals surface area contributed by atoms with Gasteiger partial charge in [0.1, 0.15) is 23.6 Å². The summed E-state index contributed by atoms with van der Waals surface area (Å²) in [5, 5.41) is 12.7.